The van der Waals surface area contributed by atoms with E-state index in [0.717, 1.165) is 25.7 Å². The summed E-state index contributed by atoms with van der Waals surface area (Å²) in [5.41, 5.74) is 5.40. The molecule has 0 aliphatic rings. The Hall–Kier alpha value is 0.220. The highest BCUT2D eigenvalue weighted by Crippen LogP contribution is 2.68. The van der Waals surface area contributed by atoms with Gasteiger partial charge in [0.2, 0.25) is 0 Å². The topological polar surface area (TPSA) is 161 Å². The van der Waals surface area contributed by atoms with Gasteiger partial charge in [-0.3, -0.25) is 9.13 Å². The van der Waals surface area contributed by atoms with Gasteiger partial charge >= 0.3 is 15.2 Å². The number of hydrogen-bond acceptors (Lipinski definition) is 4. The summed E-state index contributed by atoms with van der Waals surface area (Å²) in [6.07, 6.45) is 3.99. The first-order valence-electron chi connectivity index (χ1n) is 6.07. The molecule has 0 aliphatic heterocycles. The third-order valence-corrected chi connectivity index (χ3v) is 6.91. The van der Waals surface area contributed by atoms with E-state index >= 15 is 0 Å². The van der Waals surface area contributed by atoms with Crippen LogP contribution in [0.25, 0.3) is 0 Å². The van der Waals surface area contributed by atoms with Gasteiger partial charge in [0.1, 0.15) is 0 Å². The lowest BCUT2D eigenvalue weighted by Gasteiger charge is -2.34. The van der Waals surface area contributed by atoms with Gasteiger partial charge in [-0.15, -0.1) is 0 Å². The fourth-order valence-corrected chi connectivity index (χ4v) is 4.24. The van der Waals surface area contributed by atoms with Gasteiger partial charge in [0.15, 0.2) is 0 Å². The zero-order valence-corrected chi connectivity index (χ0v) is 12.6. The van der Waals surface area contributed by atoms with Gasteiger partial charge in [-0.05, 0) is 6.42 Å². The van der Waals surface area contributed by atoms with Crippen LogP contribution in [0.1, 0.15) is 45.4 Å². The van der Waals surface area contributed by atoms with Gasteiger partial charge in [0.25, 0.3) is 5.08 Å². The molecule has 0 aromatic carbocycles. The molecule has 0 aromatic rings. The molecule has 7 N–H and O–H groups in total. The first-order chi connectivity index (χ1) is 8.48. The highest BCUT2D eigenvalue weighted by atomic mass is 31.2. The van der Waals surface area contributed by atoms with Gasteiger partial charge in [-0.1, -0.05) is 39.0 Å². The van der Waals surface area contributed by atoms with E-state index in [1.54, 1.807) is 0 Å². The normalized spacial score (nSPS) is 15.5. The van der Waals surface area contributed by atoms with Gasteiger partial charge in [0.05, 0.1) is 6.04 Å². The maximum Gasteiger partial charge on any atom is 0.371 e. The van der Waals surface area contributed by atoms with E-state index in [1.807, 2.05) is 6.92 Å². The molecule has 0 fully saturated rings. The van der Waals surface area contributed by atoms with Crippen molar-refractivity contribution in [3.05, 3.63) is 0 Å². The number of hydrogen-bond donors (Lipinski definition) is 6. The lowest BCUT2D eigenvalue weighted by molar-refractivity contribution is 0.104. The quantitative estimate of drug-likeness (QED) is 0.267. The molecule has 0 heterocycles. The molecule has 1 unspecified atom stereocenters. The third-order valence-electron chi connectivity index (χ3n) is 2.97. The Morgan fingerprint density at radius 3 is 1.79 bits per heavy atom. The van der Waals surface area contributed by atoms with Crippen molar-refractivity contribution in [3.63, 3.8) is 0 Å². The fourth-order valence-electron chi connectivity index (χ4n) is 1.76. The van der Waals surface area contributed by atoms with E-state index in [-0.39, 0.29) is 6.42 Å². The van der Waals surface area contributed by atoms with E-state index in [2.05, 4.69) is 0 Å². The molecule has 0 saturated heterocycles. The SMILES string of the molecule is CCCCCCCC(N)C(O)(P(=O)(O)O)P(=O)(O)O. The standard InChI is InChI=1S/C9H23NO7P2/c1-2-3-4-5-6-7-8(10)9(11,18(12,13)14)19(15,16)17/h8,11H,2-7,10H2,1H3,(H2,12,13,14)(H2,15,16,17). The molecule has 0 radical (unpaired) electrons. The number of unbranched alkanes of at least 4 members (excludes halogenated alkanes) is 4. The first kappa shape index (κ1) is 19.2. The van der Waals surface area contributed by atoms with E-state index in [4.69, 9.17) is 25.3 Å². The summed E-state index contributed by atoms with van der Waals surface area (Å²) in [6, 6.07) is -1.68. The van der Waals surface area contributed by atoms with Gasteiger partial charge in [0, 0.05) is 0 Å². The molecule has 0 aromatic heterocycles. The molecule has 0 spiro atoms. The number of rotatable bonds is 9. The monoisotopic (exact) mass is 319 g/mol. The minimum atomic E-state index is -5.46. The number of aliphatic hydroxyl groups is 1. The Kier molecular flexibility index (Phi) is 7.38. The summed E-state index contributed by atoms with van der Waals surface area (Å²) < 4.78 is 22.3. The summed E-state index contributed by atoms with van der Waals surface area (Å²) in [6.45, 7) is 2.02. The summed E-state index contributed by atoms with van der Waals surface area (Å²) in [7, 11) is -10.9. The lowest BCUT2D eigenvalue weighted by atomic mass is 10.1. The summed E-state index contributed by atoms with van der Waals surface area (Å²) in [5, 5.41) is 6.20. The highest BCUT2D eigenvalue weighted by molar-refractivity contribution is 7.72. The second-order valence-electron chi connectivity index (χ2n) is 4.58. The van der Waals surface area contributed by atoms with Crippen molar-refractivity contribution in [3.8, 4) is 0 Å². The molecule has 0 saturated carbocycles. The molecular weight excluding hydrogens is 296 g/mol. The third kappa shape index (κ3) is 4.92. The maximum absolute atomic E-state index is 11.1. The molecule has 8 nitrogen and oxygen atoms in total. The molecule has 0 rings (SSSR count). The first-order valence-corrected chi connectivity index (χ1v) is 9.30. The molecule has 10 heteroatoms. The summed E-state index contributed by atoms with van der Waals surface area (Å²) in [5.74, 6) is 0. The molecular formula is C9H23NO7P2. The van der Waals surface area contributed by atoms with E-state index < -0.39 is 26.3 Å². The van der Waals surface area contributed by atoms with Crippen LogP contribution in [0.4, 0.5) is 0 Å². The van der Waals surface area contributed by atoms with Gasteiger partial charge in [-0.25, -0.2) is 0 Å². The van der Waals surface area contributed by atoms with Crippen molar-refractivity contribution in [1.29, 1.82) is 0 Å². The predicted molar refractivity (Wildman–Crippen MR) is 70.4 cm³/mol. The summed E-state index contributed by atoms with van der Waals surface area (Å²) >= 11 is 0. The molecule has 116 valence electrons. The second kappa shape index (κ2) is 7.29. The van der Waals surface area contributed by atoms with Crippen LogP contribution in [0.15, 0.2) is 0 Å². The zero-order chi connectivity index (χ0) is 15.3. The summed E-state index contributed by atoms with van der Waals surface area (Å²) in [4.78, 5) is 35.9. The van der Waals surface area contributed by atoms with Crippen LogP contribution < -0.4 is 5.73 Å². The van der Waals surface area contributed by atoms with Crippen molar-refractivity contribution < 1.29 is 33.8 Å². The average Bonchev–Trinajstić information content (AvgIpc) is 2.24. The molecule has 0 bridgehead atoms. The van der Waals surface area contributed by atoms with Gasteiger partial charge in [-0.2, -0.15) is 0 Å². The van der Waals surface area contributed by atoms with Crippen LogP contribution in [0.5, 0.6) is 0 Å². The smallest absolute Gasteiger partial charge is 0.366 e. The Balaban J connectivity index is 4.74. The van der Waals surface area contributed by atoms with Crippen LogP contribution >= 0.6 is 15.2 Å². The average molecular weight is 319 g/mol. The van der Waals surface area contributed by atoms with Crippen LogP contribution in [0.2, 0.25) is 0 Å². The Labute approximate surface area is 112 Å². The van der Waals surface area contributed by atoms with E-state index in [0.29, 0.717) is 6.42 Å². The van der Waals surface area contributed by atoms with Crippen LogP contribution in [-0.2, 0) is 9.13 Å². The minimum Gasteiger partial charge on any atom is -0.366 e. The van der Waals surface area contributed by atoms with Crippen molar-refractivity contribution in [2.24, 2.45) is 5.73 Å². The van der Waals surface area contributed by atoms with Gasteiger partial charge < -0.3 is 30.4 Å². The lowest BCUT2D eigenvalue weighted by Crippen LogP contribution is -2.47. The predicted octanol–water partition coefficient (Wildman–Crippen LogP) is 0.676. The molecule has 0 amide bonds. The number of nitrogens with two attached hydrogens (primary N) is 1. The minimum absolute atomic E-state index is 0.0730. The van der Waals surface area contributed by atoms with Crippen molar-refractivity contribution in [2.45, 2.75) is 56.6 Å². The second-order valence-corrected chi connectivity index (χ2v) is 8.48. The Morgan fingerprint density at radius 2 is 1.42 bits per heavy atom. The van der Waals surface area contributed by atoms with E-state index in [1.165, 1.54) is 0 Å². The van der Waals surface area contributed by atoms with Crippen molar-refractivity contribution >= 4 is 15.2 Å². The Bertz CT molecular complexity index is 342. The van der Waals surface area contributed by atoms with Crippen molar-refractivity contribution in [2.75, 3.05) is 0 Å². The molecule has 1 atom stereocenters. The Morgan fingerprint density at radius 1 is 1.00 bits per heavy atom. The zero-order valence-electron chi connectivity index (χ0n) is 10.8. The fraction of sp³-hybridized carbons (Fsp3) is 1.00. The van der Waals surface area contributed by atoms with Crippen LogP contribution in [-0.4, -0.2) is 35.8 Å². The molecule has 0 aliphatic carbocycles. The molecule has 19 heavy (non-hydrogen) atoms. The van der Waals surface area contributed by atoms with E-state index in [9.17, 15) is 14.2 Å². The highest BCUT2D eigenvalue weighted by Gasteiger charge is 2.62. The van der Waals surface area contributed by atoms with Crippen LogP contribution in [0.3, 0.4) is 0 Å². The largest absolute Gasteiger partial charge is 0.371 e. The van der Waals surface area contributed by atoms with Crippen LogP contribution in [0, 0.1) is 0 Å². The maximum atomic E-state index is 11.1. The van der Waals surface area contributed by atoms with Crippen molar-refractivity contribution in [1.82, 2.24) is 0 Å².